The summed E-state index contributed by atoms with van der Waals surface area (Å²) in [7, 11) is 0. The van der Waals surface area contributed by atoms with Crippen molar-refractivity contribution in [1.29, 1.82) is 0 Å². The second-order valence-corrected chi connectivity index (χ2v) is 5.37. The van der Waals surface area contributed by atoms with E-state index in [1.54, 1.807) is 13.0 Å². The molecule has 6 heteroatoms. The molecule has 0 aromatic carbocycles. The molecule has 3 aromatic rings. The van der Waals surface area contributed by atoms with Gasteiger partial charge in [0, 0.05) is 12.3 Å². The molecular formula is C16H18N4O2. The quantitative estimate of drug-likeness (QED) is 0.803. The van der Waals surface area contributed by atoms with E-state index in [0.29, 0.717) is 17.3 Å². The molecule has 0 spiro atoms. The van der Waals surface area contributed by atoms with Crippen molar-refractivity contribution in [2.24, 2.45) is 0 Å². The van der Waals surface area contributed by atoms with Crippen LogP contribution in [0, 0.1) is 13.8 Å². The third-order valence-electron chi connectivity index (χ3n) is 3.43. The standard InChI is InChI=1S/C16H18N4O2/c1-4-5-12-15(16(21)18-13-9-11(3)22-19-13)20-7-6-10(2)8-14(20)17-12/h6-9H,4-5H2,1-3H3,(H,18,19,21). The molecule has 3 rings (SSSR count). The summed E-state index contributed by atoms with van der Waals surface area (Å²) in [6.07, 6.45) is 3.55. The Morgan fingerprint density at radius 1 is 1.36 bits per heavy atom. The highest BCUT2D eigenvalue weighted by Crippen LogP contribution is 2.18. The van der Waals surface area contributed by atoms with Crippen LogP contribution in [-0.4, -0.2) is 20.4 Å². The zero-order valence-corrected chi connectivity index (χ0v) is 12.9. The van der Waals surface area contributed by atoms with Crippen LogP contribution in [0.25, 0.3) is 5.65 Å². The van der Waals surface area contributed by atoms with Gasteiger partial charge in [0.05, 0.1) is 5.69 Å². The molecule has 0 bridgehead atoms. The Hall–Kier alpha value is -2.63. The van der Waals surface area contributed by atoms with Crippen molar-refractivity contribution in [2.45, 2.75) is 33.6 Å². The number of nitrogens with one attached hydrogen (secondary N) is 1. The van der Waals surface area contributed by atoms with Gasteiger partial charge in [-0.25, -0.2) is 4.98 Å². The Balaban J connectivity index is 2.03. The summed E-state index contributed by atoms with van der Waals surface area (Å²) in [5, 5.41) is 6.56. The fourth-order valence-electron chi connectivity index (χ4n) is 2.45. The number of amides is 1. The van der Waals surface area contributed by atoms with E-state index in [2.05, 4.69) is 22.4 Å². The molecule has 1 N–H and O–H groups in total. The lowest BCUT2D eigenvalue weighted by Gasteiger charge is -2.04. The third-order valence-corrected chi connectivity index (χ3v) is 3.43. The molecule has 0 unspecified atom stereocenters. The fraction of sp³-hybridized carbons (Fsp3) is 0.312. The number of imidazole rings is 1. The first-order valence-corrected chi connectivity index (χ1v) is 7.30. The van der Waals surface area contributed by atoms with Crippen LogP contribution in [0.3, 0.4) is 0 Å². The normalized spacial score (nSPS) is 11.0. The Bertz CT molecular complexity index is 832. The number of anilines is 1. The number of rotatable bonds is 4. The molecule has 0 aliphatic heterocycles. The average Bonchev–Trinajstić information content (AvgIpc) is 3.02. The number of aromatic nitrogens is 3. The number of carbonyl (C=O) groups is 1. The Labute approximate surface area is 128 Å². The first kappa shape index (κ1) is 14.3. The summed E-state index contributed by atoms with van der Waals surface area (Å²) in [5.41, 5.74) is 3.24. The molecule has 6 nitrogen and oxygen atoms in total. The van der Waals surface area contributed by atoms with Crippen molar-refractivity contribution in [2.75, 3.05) is 5.32 Å². The molecule has 0 radical (unpaired) electrons. The molecule has 0 saturated carbocycles. The topological polar surface area (TPSA) is 72.4 Å². The SMILES string of the molecule is CCCc1nc2cc(C)ccn2c1C(=O)Nc1cc(C)on1. The predicted molar refractivity (Wildman–Crippen MR) is 83.1 cm³/mol. The van der Waals surface area contributed by atoms with Gasteiger partial charge in [-0.1, -0.05) is 18.5 Å². The highest BCUT2D eigenvalue weighted by atomic mass is 16.5. The van der Waals surface area contributed by atoms with Crippen LogP contribution in [0.15, 0.2) is 28.9 Å². The lowest BCUT2D eigenvalue weighted by molar-refractivity contribution is 0.101. The van der Waals surface area contributed by atoms with Gasteiger partial charge in [-0.05, 0) is 38.0 Å². The van der Waals surface area contributed by atoms with E-state index < -0.39 is 0 Å². The van der Waals surface area contributed by atoms with E-state index in [1.165, 1.54) is 0 Å². The van der Waals surface area contributed by atoms with E-state index >= 15 is 0 Å². The zero-order valence-electron chi connectivity index (χ0n) is 12.9. The molecular weight excluding hydrogens is 280 g/mol. The molecule has 22 heavy (non-hydrogen) atoms. The van der Waals surface area contributed by atoms with Crippen molar-refractivity contribution in [3.8, 4) is 0 Å². The van der Waals surface area contributed by atoms with Gasteiger partial charge in [-0.2, -0.15) is 0 Å². The van der Waals surface area contributed by atoms with Gasteiger partial charge in [0.15, 0.2) is 5.82 Å². The first-order chi connectivity index (χ1) is 10.6. The van der Waals surface area contributed by atoms with Crippen LogP contribution in [0.1, 0.15) is 40.9 Å². The van der Waals surface area contributed by atoms with Crippen molar-refractivity contribution in [3.05, 3.63) is 47.1 Å². The number of carbonyl (C=O) groups excluding carboxylic acids is 1. The van der Waals surface area contributed by atoms with Gasteiger partial charge in [-0.3, -0.25) is 9.20 Å². The average molecular weight is 298 g/mol. The van der Waals surface area contributed by atoms with Gasteiger partial charge in [0.25, 0.3) is 5.91 Å². The minimum absolute atomic E-state index is 0.229. The van der Waals surface area contributed by atoms with Crippen LogP contribution in [0.2, 0.25) is 0 Å². The maximum absolute atomic E-state index is 12.6. The van der Waals surface area contributed by atoms with Crippen molar-refractivity contribution < 1.29 is 9.32 Å². The number of aryl methyl sites for hydroxylation is 3. The van der Waals surface area contributed by atoms with Gasteiger partial charge in [0.1, 0.15) is 17.1 Å². The Kier molecular flexibility index (Phi) is 3.66. The maximum atomic E-state index is 12.6. The fourth-order valence-corrected chi connectivity index (χ4v) is 2.45. The Morgan fingerprint density at radius 3 is 2.86 bits per heavy atom. The summed E-state index contributed by atoms with van der Waals surface area (Å²) in [6.45, 7) is 5.85. The predicted octanol–water partition coefficient (Wildman–Crippen LogP) is 3.14. The summed E-state index contributed by atoms with van der Waals surface area (Å²) in [4.78, 5) is 17.2. The zero-order chi connectivity index (χ0) is 15.7. The number of pyridine rings is 1. The van der Waals surface area contributed by atoms with Crippen LogP contribution in [-0.2, 0) is 6.42 Å². The van der Waals surface area contributed by atoms with Crippen LogP contribution in [0.4, 0.5) is 5.82 Å². The van der Waals surface area contributed by atoms with E-state index in [9.17, 15) is 4.79 Å². The largest absolute Gasteiger partial charge is 0.360 e. The van der Waals surface area contributed by atoms with E-state index in [1.807, 2.05) is 29.7 Å². The van der Waals surface area contributed by atoms with Crippen molar-refractivity contribution in [3.63, 3.8) is 0 Å². The monoisotopic (exact) mass is 298 g/mol. The molecule has 0 aliphatic rings. The van der Waals surface area contributed by atoms with E-state index in [0.717, 1.165) is 29.7 Å². The van der Waals surface area contributed by atoms with Gasteiger partial charge < -0.3 is 9.84 Å². The number of hydrogen-bond donors (Lipinski definition) is 1. The van der Waals surface area contributed by atoms with Gasteiger partial charge in [-0.15, -0.1) is 0 Å². The molecule has 0 saturated heterocycles. The first-order valence-electron chi connectivity index (χ1n) is 7.30. The van der Waals surface area contributed by atoms with Gasteiger partial charge >= 0.3 is 0 Å². The lowest BCUT2D eigenvalue weighted by atomic mass is 10.2. The molecule has 114 valence electrons. The molecule has 1 amide bonds. The molecule has 3 aromatic heterocycles. The summed E-state index contributed by atoms with van der Waals surface area (Å²) >= 11 is 0. The molecule has 0 atom stereocenters. The second-order valence-electron chi connectivity index (χ2n) is 5.37. The smallest absolute Gasteiger partial charge is 0.275 e. The lowest BCUT2D eigenvalue weighted by Crippen LogP contribution is -2.16. The van der Waals surface area contributed by atoms with Gasteiger partial charge in [0.2, 0.25) is 0 Å². The van der Waals surface area contributed by atoms with Crippen LogP contribution >= 0.6 is 0 Å². The summed E-state index contributed by atoms with van der Waals surface area (Å²) < 4.78 is 6.80. The number of fused-ring (bicyclic) bond motifs is 1. The number of hydrogen-bond acceptors (Lipinski definition) is 4. The molecule has 3 heterocycles. The van der Waals surface area contributed by atoms with Crippen molar-refractivity contribution in [1.82, 2.24) is 14.5 Å². The second kappa shape index (κ2) is 5.63. The third kappa shape index (κ3) is 2.59. The van der Waals surface area contributed by atoms with Crippen molar-refractivity contribution >= 4 is 17.4 Å². The highest BCUT2D eigenvalue weighted by molar-refractivity contribution is 6.04. The Morgan fingerprint density at radius 2 is 2.18 bits per heavy atom. The summed E-state index contributed by atoms with van der Waals surface area (Å²) in [6, 6.07) is 5.61. The number of nitrogens with zero attached hydrogens (tertiary/aromatic N) is 3. The van der Waals surface area contributed by atoms with Crippen LogP contribution in [0.5, 0.6) is 0 Å². The maximum Gasteiger partial charge on any atom is 0.275 e. The minimum Gasteiger partial charge on any atom is -0.360 e. The minimum atomic E-state index is -0.229. The van der Waals surface area contributed by atoms with E-state index in [-0.39, 0.29) is 5.91 Å². The highest BCUT2D eigenvalue weighted by Gasteiger charge is 2.19. The van der Waals surface area contributed by atoms with E-state index in [4.69, 9.17) is 4.52 Å². The molecule has 0 fully saturated rings. The van der Waals surface area contributed by atoms with Crippen LogP contribution < -0.4 is 5.32 Å². The summed E-state index contributed by atoms with van der Waals surface area (Å²) in [5.74, 6) is 0.831. The molecule has 0 aliphatic carbocycles.